The smallest absolute Gasteiger partial charge is 0.178 e. The third-order valence-electron chi connectivity index (χ3n) is 7.95. The van der Waals surface area contributed by atoms with Gasteiger partial charge in [0.25, 0.3) is 0 Å². The molecule has 2 saturated heterocycles. The van der Waals surface area contributed by atoms with Crippen molar-refractivity contribution in [2.45, 2.75) is 25.8 Å². The number of benzene rings is 1. The van der Waals surface area contributed by atoms with Crippen LogP contribution in [0.4, 0.5) is 27.7 Å². The number of anilines is 4. The summed E-state index contributed by atoms with van der Waals surface area (Å²) in [5, 5.41) is 23.7. The molecule has 1 unspecified atom stereocenters. The fraction of sp³-hybridized carbons (Fsp3) is 0.321. The Morgan fingerprint density at radius 1 is 0.976 bits per heavy atom. The van der Waals surface area contributed by atoms with Crippen molar-refractivity contribution in [2.75, 3.05) is 53.2 Å². The van der Waals surface area contributed by atoms with Gasteiger partial charge in [-0.2, -0.15) is 9.78 Å². The lowest BCUT2D eigenvalue weighted by Gasteiger charge is -2.38. The van der Waals surface area contributed by atoms with Gasteiger partial charge in [0.05, 0.1) is 11.6 Å². The average molecular weight is 551 g/mol. The molecule has 6 heterocycles. The molecule has 0 bridgehead atoms. The maximum atomic E-state index is 14.2. The molecule has 1 aromatic carbocycles. The SMILES string of the molecule is Cc1nnc2ccc(N3CCN(c4nc5cc(F)ccc5cc4C4CCCN4c4ncnc(N)c4C#N)CC3)nn12. The Labute approximate surface area is 234 Å². The molecule has 0 radical (unpaired) electrons. The van der Waals surface area contributed by atoms with E-state index >= 15 is 0 Å². The van der Waals surface area contributed by atoms with Gasteiger partial charge in [0, 0.05) is 49.7 Å². The number of nitriles is 1. The van der Waals surface area contributed by atoms with Crippen LogP contribution in [-0.4, -0.2) is 67.5 Å². The van der Waals surface area contributed by atoms with E-state index in [1.807, 2.05) is 19.1 Å². The first-order valence-electron chi connectivity index (χ1n) is 13.6. The van der Waals surface area contributed by atoms with Gasteiger partial charge >= 0.3 is 0 Å². The Balaban J connectivity index is 1.24. The standard InChI is InChI=1S/C28H27FN12/c1-17-35-36-24-6-7-25(37-41(17)24)38-9-11-39(12-10-38)28-20(13-18-4-5-19(29)14-22(18)34-28)23-3-2-8-40(23)27-21(15-30)26(31)32-16-33-27/h4-7,13-14,16,23H,2-3,8-12H2,1H3,(H2,31,32,33). The Bertz CT molecular complexity index is 1820. The van der Waals surface area contributed by atoms with Crippen molar-refractivity contribution in [3.63, 3.8) is 0 Å². The summed E-state index contributed by atoms with van der Waals surface area (Å²) in [5.41, 5.74) is 8.66. The highest BCUT2D eigenvalue weighted by Crippen LogP contribution is 2.41. The quantitative estimate of drug-likeness (QED) is 0.353. The number of hydrogen-bond donors (Lipinski definition) is 1. The highest BCUT2D eigenvalue weighted by Gasteiger charge is 2.34. The first-order chi connectivity index (χ1) is 20.0. The minimum absolute atomic E-state index is 0.0767. The maximum Gasteiger partial charge on any atom is 0.178 e. The van der Waals surface area contributed by atoms with Crippen LogP contribution in [0.2, 0.25) is 0 Å². The summed E-state index contributed by atoms with van der Waals surface area (Å²) >= 11 is 0. The molecule has 2 fully saturated rings. The molecule has 0 saturated carbocycles. The molecule has 2 aliphatic rings. The second-order valence-electron chi connectivity index (χ2n) is 10.3. The summed E-state index contributed by atoms with van der Waals surface area (Å²) in [4.78, 5) is 20.1. The van der Waals surface area contributed by atoms with Gasteiger partial charge < -0.3 is 20.4 Å². The highest BCUT2D eigenvalue weighted by atomic mass is 19.1. The molecule has 41 heavy (non-hydrogen) atoms. The molecule has 206 valence electrons. The number of aryl methyl sites for hydroxylation is 1. The molecular formula is C28H27FN12. The van der Waals surface area contributed by atoms with Crippen molar-refractivity contribution in [1.82, 2.24) is 34.8 Å². The van der Waals surface area contributed by atoms with Gasteiger partial charge in [-0.3, -0.25) is 0 Å². The number of pyridine rings is 1. The first-order valence-corrected chi connectivity index (χ1v) is 13.6. The summed E-state index contributed by atoms with van der Waals surface area (Å²) in [6, 6.07) is 12.8. The average Bonchev–Trinajstić information content (AvgIpc) is 3.63. The van der Waals surface area contributed by atoms with Crippen molar-refractivity contribution < 1.29 is 4.39 Å². The zero-order chi connectivity index (χ0) is 28.1. The molecule has 1 atom stereocenters. The summed E-state index contributed by atoms with van der Waals surface area (Å²) in [6.45, 7) is 5.48. The molecule has 2 aliphatic heterocycles. The van der Waals surface area contributed by atoms with Crippen LogP contribution in [-0.2, 0) is 0 Å². The number of piperazine rings is 1. The van der Waals surface area contributed by atoms with E-state index in [1.54, 1.807) is 10.6 Å². The fourth-order valence-electron chi connectivity index (χ4n) is 5.91. The van der Waals surface area contributed by atoms with Gasteiger partial charge in [0.15, 0.2) is 17.3 Å². The van der Waals surface area contributed by atoms with Crippen LogP contribution in [0.3, 0.4) is 0 Å². The lowest BCUT2D eigenvalue weighted by molar-refractivity contribution is 0.623. The zero-order valence-electron chi connectivity index (χ0n) is 22.4. The predicted molar refractivity (Wildman–Crippen MR) is 152 cm³/mol. The van der Waals surface area contributed by atoms with Crippen molar-refractivity contribution in [2.24, 2.45) is 0 Å². The minimum Gasteiger partial charge on any atom is -0.382 e. The number of rotatable bonds is 4. The van der Waals surface area contributed by atoms with Crippen LogP contribution < -0.4 is 20.4 Å². The van der Waals surface area contributed by atoms with Crippen LogP contribution in [0.15, 0.2) is 42.7 Å². The summed E-state index contributed by atoms with van der Waals surface area (Å²) in [6.07, 6.45) is 3.18. The monoisotopic (exact) mass is 550 g/mol. The Hall–Kier alpha value is -5.12. The van der Waals surface area contributed by atoms with E-state index in [0.717, 1.165) is 60.9 Å². The van der Waals surface area contributed by atoms with Crippen molar-refractivity contribution >= 4 is 39.8 Å². The van der Waals surface area contributed by atoms with E-state index in [4.69, 9.17) is 15.8 Å². The van der Waals surface area contributed by atoms with E-state index in [-0.39, 0.29) is 23.2 Å². The summed E-state index contributed by atoms with van der Waals surface area (Å²) in [5.74, 6) is 2.79. The van der Waals surface area contributed by atoms with E-state index in [1.165, 1.54) is 18.5 Å². The molecule has 0 amide bonds. The molecule has 4 aromatic heterocycles. The first kappa shape index (κ1) is 24.9. The van der Waals surface area contributed by atoms with E-state index in [9.17, 15) is 9.65 Å². The number of nitrogens with two attached hydrogens (primary N) is 1. The van der Waals surface area contributed by atoms with Gasteiger partial charge in [-0.25, -0.2) is 19.3 Å². The normalized spacial score (nSPS) is 17.5. The number of nitrogen functional groups attached to an aromatic ring is 1. The van der Waals surface area contributed by atoms with E-state index < -0.39 is 0 Å². The van der Waals surface area contributed by atoms with Crippen LogP contribution in [0, 0.1) is 24.1 Å². The number of nitrogens with zero attached hydrogens (tertiary/aromatic N) is 11. The van der Waals surface area contributed by atoms with Crippen molar-refractivity contribution in [1.29, 1.82) is 5.26 Å². The number of hydrogen-bond acceptors (Lipinski definition) is 11. The van der Waals surface area contributed by atoms with E-state index in [0.29, 0.717) is 30.1 Å². The van der Waals surface area contributed by atoms with Gasteiger partial charge in [0.2, 0.25) is 0 Å². The topological polar surface area (TPSA) is 141 Å². The molecular weight excluding hydrogens is 523 g/mol. The predicted octanol–water partition coefficient (Wildman–Crippen LogP) is 3.03. The van der Waals surface area contributed by atoms with Crippen LogP contribution in [0.25, 0.3) is 16.6 Å². The second kappa shape index (κ2) is 9.81. The van der Waals surface area contributed by atoms with Gasteiger partial charge in [0.1, 0.15) is 41.2 Å². The fourth-order valence-corrected chi connectivity index (χ4v) is 5.91. The molecule has 5 aromatic rings. The van der Waals surface area contributed by atoms with Crippen molar-refractivity contribution in [3.8, 4) is 6.07 Å². The summed E-state index contributed by atoms with van der Waals surface area (Å²) in [7, 11) is 0. The number of aromatic nitrogens is 7. The minimum atomic E-state index is -0.322. The van der Waals surface area contributed by atoms with Gasteiger partial charge in [-0.1, -0.05) is 0 Å². The third kappa shape index (κ3) is 4.28. The molecule has 7 rings (SSSR count). The lowest BCUT2D eigenvalue weighted by Crippen LogP contribution is -2.47. The number of halogens is 1. The van der Waals surface area contributed by atoms with E-state index in [2.05, 4.69) is 47.0 Å². The molecule has 0 spiro atoms. The Kier molecular flexibility index (Phi) is 5.96. The Morgan fingerprint density at radius 2 is 1.80 bits per heavy atom. The molecule has 13 heteroatoms. The summed E-state index contributed by atoms with van der Waals surface area (Å²) < 4.78 is 16.0. The number of fused-ring (bicyclic) bond motifs is 2. The van der Waals surface area contributed by atoms with Crippen molar-refractivity contribution in [3.05, 3.63) is 65.5 Å². The Morgan fingerprint density at radius 3 is 2.63 bits per heavy atom. The largest absolute Gasteiger partial charge is 0.382 e. The van der Waals surface area contributed by atoms with Crippen LogP contribution in [0.5, 0.6) is 0 Å². The van der Waals surface area contributed by atoms with Crippen LogP contribution in [0.1, 0.15) is 35.8 Å². The third-order valence-corrected chi connectivity index (χ3v) is 7.95. The maximum absolute atomic E-state index is 14.2. The second-order valence-corrected chi connectivity index (χ2v) is 10.3. The van der Waals surface area contributed by atoms with Gasteiger partial charge in [-0.15, -0.1) is 15.3 Å². The zero-order valence-corrected chi connectivity index (χ0v) is 22.4. The molecule has 0 aliphatic carbocycles. The molecule has 2 N–H and O–H groups in total. The van der Waals surface area contributed by atoms with Gasteiger partial charge in [-0.05, 0) is 50.1 Å². The lowest BCUT2D eigenvalue weighted by atomic mass is 10.0. The molecule has 12 nitrogen and oxygen atoms in total. The highest BCUT2D eigenvalue weighted by molar-refractivity contribution is 5.83. The van der Waals surface area contributed by atoms with Crippen LogP contribution >= 0.6 is 0 Å².